The number of ketones is 1. The summed E-state index contributed by atoms with van der Waals surface area (Å²) < 4.78 is 23.3. The van der Waals surface area contributed by atoms with Gasteiger partial charge in [-0.1, -0.05) is 0 Å². The van der Waals surface area contributed by atoms with Crippen LogP contribution in [0.2, 0.25) is 0 Å². The molecule has 0 amide bonds. The molecule has 0 bridgehead atoms. The molecule has 0 fully saturated rings. The quantitative estimate of drug-likeness (QED) is 0.478. The van der Waals surface area contributed by atoms with E-state index in [0.717, 1.165) is 6.42 Å². The lowest BCUT2D eigenvalue weighted by atomic mass is 10.1. The van der Waals surface area contributed by atoms with Gasteiger partial charge in [-0.15, -0.1) is 0 Å². The van der Waals surface area contributed by atoms with Crippen molar-refractivity contribution in [1.29, 1.82) is 0 Å². The summed E-state index contributed by atoms with van der Waals surface area (Å²) in [6.07, 6.45) is 4.22. The molecule has 0 atom stereocenters. The van der Waals surface area contributed by atoms with E-state index in [2.05, 4.69) is 5.10 Å². The van der Waals surface area contributed by atoms with Crippen molar-refractivity contribution in [3.8, 4) is 11.5 Å². The van der Waals surface area contributed by atoms with Crippen molar-refractivity contribution in [2.45, 2.75) is 13.0 Å². The molecule has 0 spiro atoms. The first-order chi connectivity index (χ1) is 13.7. The summed E-state index contributed by atoms with van der Waals surface area (Å²) in [7, 11) is 0. The summed E-state index contributed by atoms with van der Waals surface area (Å²) >= 11 is 0. The van der Waals surface area contributed by atoms with E-state index in [-0.39, 0.29) is 11.5 Å². The number of benzene rings is 1. The van der Waals surface area contributed by atoms with Crippen LogP contribution in [-0.2, 0) is 11.3 Å². The summed E-state index contributed by atoms with van der Waals surface area (Å²) in [5.41, 5.74) is 0.385. The van der Waals surface area contributed by atoms with Gasteiger partial charge < -0.3 is 18.6 Å². The average Bonchev–Trinajstić information content (AvgIpc) is 3.33. The van der Waals surface area contributed by atoms with Crippen molar-refractivity contribution in [1.82, 2.24) is 9.78 Å². The molecule has 28 heavy (non-hydrogen) atoms. The number of nitrogens with zero attached hydrogens (tertiary/aromatic N) is 2. The van der Waals surface area contributed by atoms with Crippen LogP contribution < -0.4 is 9.47 Å². The van der Waals surface area contributed by atoms with E-state index in [1.54, 1.807) is 47.4 Å². The van der Waals surface area contributed by atoms with Crippen LogP contribution in [-0.4, -0.2) is 41.4 Å². The number of hydrogen-bond donors (Lipinski definition) is 0. The second-order valence-electron chi connectivity index (χ2n) is 6.18. The molecule has 4 rings (SSSR count). The van der Waals surface area contributed by atoms with E-state index in [0.29, 0.717) is 42.6 Å². The van der Waals surface area contributed by atoms with Gasteiger partial charge in [-0.25, -0.2) is 4.79 Å². The highest BCUT2D eigenvalue weighted by molar-refractivity contribution is 5.99. The van der Waals surface area contributed by atoms with Crippen molar-refractivity contribution < 1.29 is 28.2 Å². The van der Waals surface area contributed by atoms with E-state index >= 15 is 0 Å². The molecule has 8 nitrogen and oxygen atoms in total. The Balaban J connectivity index is 1.35. The third-order valence-corrected chi connectivity index (χ3v) is 4.14. The minimum absolute atomic E-state index is 0.0358. The normalized spacial score (nSPS) is 13.0. The lowest BCUT2D eigenvalue weighted by Crippen LogP contribution is -2.14. The maximum absolute atomic E-state index is 12.4. The Bertz CT molecular complexity index is 977. The Morgan fingerprint density at radius 1 is 1.11 bits per heavy atom. The average molecular weight is 382 g/mol. The molecule has 2 aromatic heterocycles. The molecule has 1 aromatic carbocycles. The fourth-order valence-corrected chi connectivity index (χ4v) is 2.75. The van der Waals surface area contributed by atoms with Crippen molar-refractivity contribution >= 4 is 11.8 Å². The SMILES string of the molecule is O=C(COC(=O)c1ccc(Cn2cccn2)o1)c1ccc2c(c1)OCCCO2. The first-order valence-electron chi connectivity index (χ1n) is 8.85. The Labute approximate surface area is 160 Å². The van der Waals surface area contributed by atoms with Crippen LogP contribution in [0.5, 0.6) is 11.5 Å². The zero-order chi connectivity index (χ0) is 19.3. The highest BCUT2D eigenvalue weighted by atomic mass is 16.5. The third kappa shape index (κ3) is 4.06. The lowest BCUT2D eigenvalue weighted by Gasteiger charge is -2.09. The first kappa shape index (κ1) is 17.8. The van der Waals surface area contributed by atoms with Gasteiger partial charge in [0.25, 0.3) is 0 Å². The van der Waals surface area contributed by atoms with Gasteiger partial charge in [0.05, 0.1) is 19.8 Å². The number of carbonyl (C=O) groups excluding carboxylic acids is 2. The number of rotatable bonds is 6. The molecule has 3 heterocycles. The van der Waals surface area contributed by atoms with Crippen LogP contribution in [0.25, 0.3) is 0 Å². The molecular weight excluding hydrogens is 364 g/mol. The molecule has 1 aliphatic rings. The Hall–Kier alpha value is -3.55. The van der Waals surface area contributed by atoms with Crippen molar-refractivity contribution in [3.63, 3.8) is 0 Å². The monoisotopic (exact) mass is 382 g/mol. The minimum Gasteiger partial charge on any atom is -0.490 e. The van der Waals surface area contributed by atoms with Gasteiger partial charge in [0, 0.05) is 24.4 Å². The number of fused-ring (bicyclic) bond motifs is 1. The molecule has 0 unspecified atom stereocenters. The maximum Gasteiger partial charge on any atom is 0.374 e. The zero-order valence-corrected chi connectivity index (χ0v) is 15.0. The van der Waals surface area contributed by atoms with E-state index in [4.69, 9.17) is 18.6 Å². The summed E-state index contributed by atoms with van der Waals surface area (Å²) in [5, 5.41) is 4.07. The second kappa shape index (κ2) is 7.99. The van der Waals surface area contributed by atoms with Crippen molar-refractivity contribution in [3.05, 3.63) is 65.9 Å². The maximum atomic E-state index is 12.4. The van der Waals surface area contributed by atoms with Crippen LogP contribution in [0, 0.1) is 0 Å². The molecular formula is C20H18N2O6. The Morgan fingerprint density at radius 3 is 2.79 bits per heavy atom. The molecule has 1 aliphatic heterocycles. The zero-order valence-electron chi connectivity index (χ0n) is 15.0. The van der Waals surface area contributed by atoms with Gasteiger partial charge in [-0.2, -0.15) is 5.10 Å². The minimum atomic E-state index is -0.700. The van der Waals surface area contributed by atoms with Gasteiger partial charge >= 0.3 is 5.97 Å². The second-order valence-corrected chi connectivity index (χ2v) is 6.18. The largest absolute Gasteiger partial charge is 0.490 e. The number of Topliss-reactive ketones (excluding diaryl/α,β-unsaturated/α-hetero) is 1. The molecule has 0 saturated heterocycles. The van der Waals surface area contributed by atoms with Gasteiger partial charge in [-0.3, -0.25) is 9.48 Å². The van der Waals surface area contributed by atoms with Crippen molar-refractivity contribution in [2.24, 2.45) is 0 Å². The topological polar surface area (TPSA) is 92.8 Å². The van der Waals surface area contributed by atoms with Crippen LogP contribution >= 0.6 is 0 Å². The predicted octanol–water partition coefficient (Wildman–Crippen LogP) is 2.73. The predicted molar refractivity (Wildman–Crippen MR) is 96.7 cm³/mol. The number of hydrogen-bond acceptors (Lipinski definition) is 7. The highest BCUT2D eigenvalue weighted by Crippen LogP contribution is 2.30. The van der Waals surface area contributed by atoms with Crippen molar-refractivity contribution in [2.75, 3.05) is 19.8 Å². The highest BCUT2D eigenvalue weighted by Gasteiger charge is 2.18. The summed E-state index contributed by atoms with van der Waals surface area (Å²) in [4.78, 5) is 24.5. The van der Waals surface area contributed by atoms with E-state index in [9.17, 15) is 9.59 Å². The molecule has 0 radical (unpaired) electrons. The number of esters is 1. The lowest BCUT2D eigenvalue weighted by molar-refractivity contribution is 0.0442. The standard InChI is InChI=1S/C20H18N2O6/c23-16(14-3-5-17-19(11-14)26-10-2-9-25-17)13-27-20(24)18-6-4-15(28-18)12-22-8-1-7-21-22/h1,3-8,11H,2,9-10,12-13H2. The smallest absolute Gasteiger partial charge is 0.374 e. The molecule has 144 valence electrons. The van der Waals surface area contributed by atoms with E-state index < -0.39 is 12.6 Å². The third-order valence-electron chi connectivity index (χ3n) is 4.14. The number of carbonyl (C=O) groups is 2. The molecule has 0 aliphatic carbocycles. The fourth-order valence-electron chi connectivity index (χ4n) is 2.75. The first-order valence-corrected chi connectivity index (χ1v) is 8.85. The summed E-state index contributed by atoms with van der Waals surface area (Å²) in [6.45, 7) is 1.10. The fraction of sp³-hybridized carbons (Fsp3) is 0.250. The van der Waals surface area contributed by atoms with Crippen LogP contribution in [0.1, 0.15) is 33.1 Å². The van der Waals surface area contributed by atoms with Gasteiger partial charge in [-0.05, 0) is 36.4 Å². The Morgan fingerprint density at radius 2 is 1.96 bits per heavy atom. The van der Waals surface area contributed by atoms with Gasteiger partial charge in [0.2, 0.25) is 5.76 Å². The van der Waals surface area contributed by atoms with Gasteiger partial charge in [0.1, 0.15) is 5.76 Å². The number of aromatic nitrogens is 2. The molecule has 0 saturated carbocycles. The molecule has 0 N–H and O–H groups in total. The number of ether oxygens (including phenoxy) is 3. The summed E-state index contributed by atoms with van der Waals surface area (Å²) in [6, 6.07) is 9.89. The van der Waals surface area contributed by atoms with Crippen LogP contribution in [0.15, 0.2) is 53.2 Å². The van der Waals surface area contributed by atoms with E-state index in [1.165, 1.54) is 6.07 Å². The van der Waals surface area contributed by atoms with Crippen LogP contribution in [0.3, 0.4) is 0 Å². The number of furan rings is 1. The van der Waals surface area contributed by atoms with Gasteiger partial charge in [0.15, 0.2) is 23.9 Å². The Kier molecular flexibility index (Phi) is 5.09. The molecule has 8 heteroatoms. The molecule has 3 aromatic rings. The summed E-state index contributed by atoms with van der Waals surface area (Å²) in [5.74, 6) is 0.676. The van der Waals surface area contributed by atoms with Crippen LogP contribution in [0.4, 0.5) is 0 Å². The van der Waals surface area contributed by atoms with E-state index in [1.807, 2.05) is 0 Å².